The summed E-state index contributed by atoms with van der Waals surface area (Å²) >= 11 is 0. The average molecular weight is 378 g/mol. The SMILES string of the molecule is O=C(C(=O)N1CCC[C@@H](c2[nH]ncc2-c2ccc(F)cc2)C1)c1cccnc1. The van der Waals surface area contributed by atoms with Crippen LogP contribution in [0.4, 0.5) is 4.39 Å². The Bertz CT molecular complexity index is 985. The molecule has 7 heteroatoms. The van der Waals surface area contributed by atoms with Gasteiger partial charge >= 0.3 is 0 Å². The van der Waals surface area contributed by atoms with Crippen LogP contribution in [0.1, 0.15) is 34.8 Å². The van der Waals surface area contributed by atoms with Gasteiger partial charge in [-0.2, -0.15) is 5.10 Å². The fourth-order valence-corrected chi connectivity index (χ4v) is 3.63. The third-order valence-electron chi connectivity index (χ3n) is 5.06. The van der Waals surface area contributed by atoms with Crippen molar-refractivity contribution in [3.8, 4) is 11.1 Å². The number of pyridine rings is 1. The zero-order valence-electron chi connectivity index (χ0n) is 15.1. The Morgan fingerprint density at radius 3 is 2.71 bits per heavy atom. The van der Waals surface area contributed by atoms with Crippen molar-refractivity contribution in [2.75, 3.05) is 13.1 Å². The molecule has 28 heavy (non-hydrogen) atoms. The Kier molecular flexibility index (Phi) is 4.97. The van der Waals surface area contributed by atoms with Crippen molar-refractivity contribution in [1.29, 1.82) is 0 Å². The predicted octanol–water partition coefficient (Wildman–Crippen LogP) is 3.20. The zero-order valence-corrected chi connectivity index (χ0v) is 15.1. The van der Waals surface area contributed by atoms with Crippen LogP contribution in [0, 0.1) is 5.82 Å². The smallest absolute Gasteiger partial charge is 0.295 e. The van der Waals surface area contributed by atoms with E-state index in [0.717, 1.165) is 29.7 Å². The standard InChI is InChI=1S/C21H19FN4O2/c22-17-7-5-14(6-8-17)18-12-24-25-19(18)16-4-2-10-26(13-16)21(28)20(27)15-3-1-9-23-11-15/h1,3,5-9,11-12,16H,2,4,10,13H2,(H,24,25)/t16-/m1/s1. The summed E-state index contributed by atoms with van der Waals surface area (Å²) in [5, 5.41) is 7.18. The van der Waals surface area contributed by atoms with Crippen molar-refractivity contribution in [3.05, 3.63) is 72.1 Å². The Hall–Kier alpha value is -3.35. The molecule has 4 rings (SSSR count). The Morgan fingerprint density at radius 1 is 1.14 bits per heavy atom. The lowest BCUT2D eigenvalue weighted by Crippen LogP contribution is -2.42. The number of ketones is 1. The second-order valence-electron chi connectivity index (χ2n) is 6.87. The molecule has 1 aromatic carbocycles. The molecule has 0 aliphatic carbocycles. The highest BCUT2D eigenvalue weighted by Gasteiger charge is 2.31. The molecule has 3 heterocycles. The minimum absolute atomic E-state index is 0.0296. The van der Waals surface area contributed by atoms with Gasteiger partial charge in [0.15, 0.2) is 0 Å². The van der Waals surface area contributed by atoms with E-state index < -0.39 is 11.7 Å². The van der Waals surface area contributed by atoms with Crippen LogP contribution in [-0.4, -0.2) is 44.9 Å². The van der Waals surface area contributed by atoms with Gasteiger partial charge in [0.2, 0.25) is 0 Å². The topological polar surface area (TPSA) is 79.0 Å². The lowest BCUT2D eigenvalue weighted by molar-refractivity contribution is -0.127. The molecule has 2 aromatic heterocycles. The van der Waals surface area contributed by atoms with Gasteiger partial charge in [0.1, 0.15) is 5.82 Å². The number of aromatic nitrogens is 3. The molecule has 0 bridgehead atoms. The molecule has 0 spiro atoms. The molecule has 1 fully saturated rings. The number of carbonyl (C=O) groups excluding carboxylic acids is 2. The van der Waals surface area contributed by atoms with Gasteiger partial charge < -0.3 is 4.90 Å². The molecule has 1 N–H and O–H groups in total. The van der Waals surface area contributed by atoms with Crippen LogP contribution < -0.4 is 0 Å². The predicted molar refractivity (Wildman–Crippen MR) is 101 cm³/mol. The molecule has 1 aliphatic rings. The number of hydrogen-bond donors (Lipinski definition) is 1. The van der Waals surface area contributed by atoms with Crippen molar-refractivity contribution in [2.24, 2.45) is 0 Å². The molecule has 1 aliphatic heterocycles. The summed E-state index contributed by atoms with van der Waals surface area (Å²) in [5.41, 5.74) is 2.94. The second-order valence-corrected chi connectivity index (χ2v) is 6.87. The maximum Gasteiger partial charge on any atom is 0.295 e. The average Bonchev–Trinajstić information content (AvgIpc) is 3.24. The van der Waals surface area contributed by atoms with Gasteiger partial charge in [-0.1, -0.05) is 12.1 Å². The molecule has 0 radical (unpaired) electrons. The van der Waals surface area contributed by atoms with Crippen molar-refractivity contribution in [1.82, 2.24) is 20.1 Å². The first-order chi connectivity index (χ1) is 13.6. The van der Waals surface area contributed by atoms with E-state index in [1.807, 2.05) is 0 Å². The number of carbonyl (C=O) groups is 2. The summed E-state index contributed by atoms with van der Waals surface area (Å²) in [4.78, 5) is 30.7. The number of rotatable bonds is 4. The Balaban J connectivity index is 1.53. The van der Waals surface area contributed by atoms with Gasteiger partial charge in [-0.15, -0.1) is 0 Å². The van der Waals surface area contributed by atoms with E-state index in [2.05, 4.69) is 15.2 Å². The minimum Gasteiger partial charge on any atom is -0.335 e. The fourth-order valence-electron chi connectivity index (χ4n) is 3.63. The van der Waals surface area contributed by atoms with Crippen LogP contribution in [0.5, 0.6) is 0 Å². The third-order valence-corrected chi connectivity index (χ3v) is 5.06. The third kappa shape index (κ3) is 3.55. The van der Waals surface area contributed by atoms with Crippen LogP contribution in [-0.2, 0) is 4.79 Å². The van der Waals surface area contributed by atoms with Crippen LogP contribution in [0.25, 0.3) is 11.1 Å². The number of piperidine rings is 1. The van der Waals surface area contributed by atoms with Crippen LogP contribution >= 0.6 is 0 Å². The number of halogens is 1. The number of nitrogens with zero attached hydrogens (tertiary/aromatic N) is 3. The van der Waals surface area contributed by atoms with Gasteiger partial charge in [-0.25, -0.2) is 4.39 Å². The van der Waals surface area contributed by atoms with E-state index in [1.165, 1.54) is 18.3 Å². The highest BCUT2D eigenvalue weighted by atomic mass is 19.1. The molecular formula is C21H19FN4O2. The molecule has 142 valence electrons. The number of nitrogens with one attached hydrogen (secondary N) is 1. The Labute approximate surface area is 161 Å². The van der Waals surface area contributed by atoms with Crippen LogP contribution in [0.2, 0.25) is 0 Å². The Morgan fingerprint density at radius 2 is 1.96 bits per heavy atom. The largest absolute Gasteiger partial charge is 0.335 e. The minimum atomic E-state index is -0.544. The van der Waals surface area contributed by atoms with Gasteiger partial charge in [0, 0.05) is 48.2 Å². The first-order valence-corrected chi connectivity index (χ1v) is 9.16. The summed E-state index contributed by atoms with van der Waals surface area (Å²) in [6.07, 6.45) is 6.35. The van der Waals surface area contributed by atoms with E-state index in [4.69, 9.17) is 0 Å². The van der Waals surface area contributed by atoms with E-state index >= 15 is 0 Å². The molecule has 6 nitrogen and oxygen atoms in total. The van der Waals surface area contributed by atoms with Gasteiger partial charge in [-0.05, 0) is 42.7 Å². The van der Waals surface area contributed by atoms with Crippen LogP contribution in [0.15, 0.2) is 55.0 Å². The second kappa shape index (κ2) is 7.72. The number of aromatic amines is 1. The summed E-state index contributed by atoms with van der Waals surface area (Å²) in [6, 6.07) is 9.47. The van der Waals surface area contributed by atoms with Gasteiger partial charge in [0.25, 0.3) is 11.7 Å². The maximum atomic E-state index is 13.2. The molecule has 1 saturated heterocycles. The van der Waals surface area contributed by atoms with E-state index in [1.54, 1.807) is 41.6 Å². The lowest BCUT2D eigenvalue weighted by atomic mass is 9.90. The van der Waals surface area contributed by atoms with Crippen molar-refractivity contribution >= 4 is 11.7 Å². The molecular weight excluding hydrogens is 359 g/mol. The summed E-state index contributed by atoms with van der Waals surface area (Å²) in [7, 11) is 0. The number of hydrogen-bond acceptors (Lipinski definition) is 4. The summed E-state index contributed by atoms with van der Waals surface area (Å²) < 4.78 is 13.2. The monoisotopic (exact) mass is 378 g/mol. The normalized spacial score (nSPS) is 16.8. The first-order valence-electron chi connectivity index (χ1n) is 9.16. The fraction of sp³-hybridized carbons (Fsp3) is 0.238. The van der Waals surface area contributed by atoms with Gasteiger partial charge in [-0.3, -0.25) is 19.7 Å². The van der Waals surface area contributed by atoms with E-state index in [-0.39, 0.29) is 11.7 Å². The number of amides is 1. The molecule has 0 saturated carbocycles. The van der Waals surface area contributed by atoms with Crippen LogP contribution in [0.3, 0.4) is 0 Å². The first kappa shape index (κ1) is 18.0. The van der Waals surface area contributed by atoms with Crippen molar-refractivity contribution in [2.45, 2.75) is 18.8 Å². The van der Waals surface area contributed by atoms with Crippen molar-refractivity contribution in [3.63, 3.8) is 0 Å². The molecule has 3 aromatic rings. The summed E-state index contributed by atoms with van der Waals surface area (Å²) in [5.74, 6) is -1.32. The number of benzene rings is 1. The summed E-state index contributed by atoms with van der Waals surface area (Å²) in [6.45, 7) is 0.975. The van der Waals surface area contributed by atoms with Gasteiger partial charge in [0.05, 0.1) is 6.20 Å². The molecule has 1 atom stereocenters. The quantitative estimate of drug-likeness (QED) is 0.559. The highest BCUT2D eigenvalue weighted by Crippen LogP contribution is 2.33. The van der Waals surface area contributed by atoms with Crippen molar-refractivity contribution < 1.29 is 14.0 Å². The lowest BCUT2D eigenvalue weighted by Gasteiger charge is -2.32. The highest BCUT2D eigenvalue weighted by molar-refractivity contribution is 6.42. The maximum absolute atomic E-state index is 13.2. The number of likely N-dealkylation sites (tertiary alicyclic amines) is 1. The number of H-pyrrole nitrogens is 1. The molecule has 1 amide bonds. The molecule has 0 unspecified atom stereocenters. The zero-order chi connectivity index (χ0) is 19.5. The number of Topliss-reactive ketones (excluding diaryl/α,β-unsaturated/α-hetero) is 1. The van der Waals surface area contributed by atoms with E-state index in [9.17, 15) is 14.0 Å². The van der Waals surface area contributed by atoms with E-state index in [0.29, 0.717) is 18.7 Å².